The van der Waals surface area contributed by atoms with Gasteiger partial charge in [-0.1, -0.05) is 0 Å². The van der Waals surface area contributed by atoms with E-state index >= 15 is 0 Å². The zero-order valence-corrected chi connectivity index (χ0v) is 15.8. The van der Waals surface area contributed by atoms with Crippen molar-refractivity contribution in [2.75, 3.05) is 63.2 Å². The molecule has 3 heterocycles. The summed E-state index contributed by atoms with van der Waals surface area (Å²) in [5.41, 5.74) is 2.34. The lowest BCUT2D eigenvalue weighted by molar-refractivity contribution is -0.124. The molecule has 1 aromatic heterocycles. The van der Waals surface area contributed by atoms with Gasteiger partial charge in [0.15, 0.2) is 0 Å². The molecule has 1 amide bonds. The number of hydrogen-bond acceptors (Lipinski definition) is 7. The van der Waals surface area contributed by atoms with Crippen LogP contribution in [0, 0.1) is 5.92 Å². The Kier molecular flexibility index (Phi) is 6.62. The Morgan fingerprint density at radius 3 is 3.00 bits per heavy atom. The molecule has 0 spiro atoms. The molecule has 3 rings (SSSR count). The van der Waals surface area contributed by atoms with Gasteiger partial charge < -0.3 is 25.6 Å². The predicted molar refractivity (Wildman–Crippen MR) is 102 cm³/mol. The van der Waals surface area contributed by atoms with E-state index in [4.69, 9.17) is 14.7 Å². The number of methoxy groups -OCH3 is 1. The van der Waals surface area contributed by atoms with Crippen molar-refractivity contribution >= 4 is 17.7 Å². The average Bonchev–Trinajstić information content (AvgIpc) is 3.01. The molecule has 1 aromatic rings. The van der Waals surface area contributed by atoms with Crippen LogP contribution in [0.5, 0.6) is 0 Å². The van der Waals surface area contributed by atoms with Gasteiger partial charge in [0.25, 0.3) is 0 Å². The second-order valence-electron chi connectivity index (χ2n) is 6.79. The van der Waals surface area contributed by atoms with Crippen molar-refractivity contribution in [3.05, 3.63) is 11.3 Å². The number of carbonyl (C=O) groups is 1. The molecule has 8 nitrogen and oxygen atoms in total. The minimum atomic E-state index is 0.0365. The monoisotopic (exact) mass is 362 g/mol. The highest BCUT2D eigenvalue weighted by molar-refractivity contribution is 5.80. The van der Waals surface area contributed by atoms with Crippen LogP contribution in [0.1, 0.15) is 24.6 Å². The Hall–Kier alpha value is -1.93. The zero-order chi connectivity index (χ0) is 18.4. The van der Waals surface area contributed by atoms with Crippen molar-refractivity contribution in [3.8, 4) is 0 Å². The van der Waals surface area contributed by atoms with E-state index in [1.165, 1.54) is 5.56 Å². The van der Waals surface area contributed by atoms with Crippen molar-refractivity contribution in [2.45, 2.75) is 26.2 Å². The summed E-state index contributed by atoms with van der Waals surface area (Å²) in [4.78, 5) is 24.0. The van der Waals surface area contributed by atoms with Gasteiger partial charge in [-0.25, -0.2) is 4.98 Å². The fourth-order valence-electron chi connectivity index (χ4n) is 3.62. The Balaban J connectivity index is 1.82. The third-order valence-electron chi connectivity index (χ3n) is 4.96. The van der Waals surface area contributed by atoms with Crippen molar-refractivity contribution in [3.63, 3.8) is 0 Å². The molecular formula is C18H30N6O2. The molecule has 0 aromatic carbocycles. The molecule has 0 saturated carbocycles. The number of aromatic nitrogens is 2. The van der Waals surface area contributed by atoms with E-state index in [-0.39, 0.29) is 11.8 Å². The van der Waals surface area contributed by atoms with Gasteiger partial charge in [0.05, 0.1) is 18.2 Å². The molecule has 1 atom stereocenters. The number of ether oxygens (including phenoxy) is 1. The predicted octanol–water partition coefficient (Wildman–Crippen LogP) is 0.186. The number of amides is 1. The van der Waals surface area contributed by atoms with Gasteiger partial charge in [0, 0.05) is 51.8 Å². The van der Waals surface area contributed by atoms with Gasteiger partial charge >= 0.3 is 0 Å². The maximum Gasteiger partial charge on any atom is 0.224 e. The Bertz CT molecular complexity index is 624. The lowest BCUT2D eigenvalue weighted by Gasteiger charge is -2.23. The first kappa shape index (κ1) is 18.8. The molecule has 1 saturated heterocycles. The van der Waals surface area contributed by atoms with Gasteiger partial charge in [0.2, 0.25) is 11.9 Å². The van der Waals surface area contributed by atoms with Gasteiger partial charge in [-0.3, -0.25) is 4.79 Å². The molecule has 3 N–H and O–H groups in total. The van der Waals surface area contributed by atoms with E-state index in [1.807, 2.05) is 6.92 Å². The van der Waals surface area contributed by atoms with Crippen LogP contribution >= 0.6 is 0 Å². The van der Waals surface area contributed by atoms with Crippen LogP contribution in [0.15, 0.2) is 0 Å². The lowest BCUT2D eigenvalue weighted by Crippen LogP contribution is -2.33. The molecule has 8 heteroatoms. The van der Waals surface area contributed by atoms with Crippen LogP contribution < -0.4 is 20.9 Å². The van der Waals surface area contributed by atoms with Gasteiger partial charge in [-0.15, -0.1) is 0 Å². The Morgan fingerprint density at radius 1 is 1.35 bits per heavy atom. The SMILES string of the molecule is CCNC(=O)[C@H]1CCN(c2nc(NCCOC)nc3c2CCNCC3)C1. The highest BCUT2D eigenvalue weighted by Gasteiger charge is 2.31. The molecule has 26 heavy (non-hydrogen) atoms. The smallest absolute Gasteiger partial charge is 0.224 e. The standard InChI is InChI=1S/C18H30N6O2/c1-3-20-17(25)13-6-10-24(12-13)16-14-4-7-19-8-5-15(14)22-18(23-16)21-9-11-26-2/h13,19H,3-12H2,1-2H3,(H,20,25)(H,21,22,23)/t13-/m0/s1. The lowest BCUT2D eigenvalue weighted by atomic mass is 10.1. The van der Waals surface area contributed by atoms with Gasteiger partial charge in [-0.2, -0.15) is 4.98 Å². The van der Waals surface area contributed by atoms with Crippen LogP contribution in [0.3, 0.4) is 0 Å². The minimum absolute atomic E-state index is 0.0365. The summed E-state index contributed by atoms with van der Waals surface area (Å²) in [5, 5.41) is 9.64. The Morgan fingerprint density at radius 2 is 2.19 bits per heavy atom. The normalized spacial score (nSPS) is 19.8. The van der Waals surface area contributed by atoms with Gasteiger partial charge in [0.1, 0.15) is 5.82 Å². The summed E-state index contributed by atoms with van der Waals surface area (Å²) in [6, 6.07) is 0. The number of fused-ring (bicyclic) bond motifs is 1. The zero-order valence-electron chi connectivity index (χ0n) is 15.8. The van der Waals surface area contributed by atoms with Crippen LogP contribution in [0.2, 0.25) is 0 Å². The number of nitrogens with zero attached hydrogens (tertiary/aromatic N) is 3. The number of anilines is 2. The van der Waals surface area contributed by atoms with Crippen LogP contribution in [0.4, 0.5) is 11.8 Å². The number of carbonyl (C=O) groups excluding carboxylic acids is 1. The summed E-state index contributed by atoms with van der Waals surface area (Å²) in [7, 11) is 1.68. The summed E-state index contributed by atoms with van der Waals surface area (Å²) < 4.78 is 5.11. The first-order valence-electron chi connectivity index (χ1n) is 9.59. The first-order chi connectivity index (χ1) is 12.7. The second kappa shape index (κ2) is 9.14. The van der Waals surface area contributed by atoms with E-state index in [0.29, 0.717) is 25.6 Å². The third kappa shape index (κ3) is 4.42. The summed E-state index contributed by atoms with van der Waals surface area (Å²) >= 11 is 0. The van der Waals surface area contributed by atoms with Crippen molar-refractivity contribution < 1.29 is 9.53 Å². The van der Waals surface area contributed by atoms with E-state index in [1.54, 1.807) is 7.11 Å². The van der Waals surface area contributed by atoms with Crippen molar-refractivity contribution in [2.24, 2.45) is 5.92 Å². The van der Waals surface area contributed by atoms with E-state index < -0.39 is 0 Å². The van der Waals surface area contributed by atoms with Crippen molar-refractivity contribution in [1.29, 1.82) is 0 Å². The molecular weight excluding hydrogens is 332 g/mol. The van der Waals surface area contributed by atoms with Crippen LogP contribution in [-0.2, 0) is 22.4 Å². The number of hydrogen-bond donors (Lipinski definition) is 3. The van der Waals surface area contributed by atoms with E-state index in [0.717, 1.165) is 57.0 Å². The van der Waals surface area contributed by atoms with Crippen LogP contribution in [0.25, 0.3) is 0 Å². The fourth-order valence-corrected chi connectivity index (χ4v) is 3.62. The minimum Gasteiger partial charge on any atom is -0.383 e. The first-order valence-corrected chi connectivity index (χ1v) is 9.59. The molecule has 144 valence electrons. The summed E-state index contributed by atoms with van der Waals surface area (Å²) in [6.07, 6.45) is 2.69. The molecule has 2 aliphatic heterocycles. The molecule has 0 radical (unpaired) electrons. The molecule has 1 fully saturated rings. The fraction of sp³-hybridized carbons (Fsp3) is 0.722. The van der Waals surface area contributed by atoms with Crippen molar-refractivity contribution in [1.82, 2.24) is 20.6 Å². The Labute approximate surface area is 155 Å². The average molecular weight is 362 g/mol. The second-order valence-corrected chi connectivity index (χ2v) is 6.79. The van der Waals surface area contributed by atoms with Crippen LogP contribution in [-0.4, -0.2) is 68.9 Å². The maximum atomic E-state index is 12.2. The number of rotatable bonds is 7. The summed E-state index contributed by atoms with van der Waals surface area (Å²) in [5.74, 6) is 1.83. The molecule has 0 bridgehead atoms. The molecule has 2 aliphatic rings. The maximum absolute atomic E-state index is 12.2. The molecule has 0 unspecified atom stereocenters. The number of nitrogens with one attached hydrogen (secondary N) is 3. The third-order valence-corrected chi connectivity index (χ3v) is 4.96. The topological polar surface area (TPSA) is 91.4 Å². The largest absolute Gasteiger partial charge is 0.383 e. The molecule has 0 aliphatic carbocycles. The van der Waals surface area contributed by atoms with E-state index in [2.05, 4.69) is 20.9 Å². The van der Waals surface area contributed by atoms with Gasteiger partial charge in [-0.05, 0) is 26.3 Å². The quantitative estimate of drug-likeness (QED) is 0.596. The highest BCUT2D eigenvalue weighted by atomic mass is 16.5. The summed E-state index contributed by atoms with van der Waals surface area (Å²) in [6.45, 7) is 7.37. The van der Waals surface area contributed by atoms with E-state index in [9.17, 15) is 4.79 Å². The highest BCUT2D eigenvalue weighted by Crippen LogP contribution is 2.29.